The molecule has 1 amide bonds. The number of hydrogen-bond acceptors (Lipinski definition) is 6. The molecule has 1 atom stereocenters. The van der Waals surface area contributed by atoms with Gasteiger partial charge in [-0.25, -0.2) is 9.67 Å². The zero-order chi connectivity index (χ0) is 19.1. The molecule has 27 heavy (non-hydrogen) atoms. The van der Waals surface area contributed by atoms with Crippen LogP contribution in [-0.2, 0) is 22.6 Å². The van der Waals surface area contributed by atoms with Crippen molar-refractivity contribution in [1.29, 1.82) is 0 Å². The Balaban J connectivity index is 1.45. The van der Waals surface area contributed by atoms with Crippen molar-refractivity contribution in [2.45, 2.75) is 33.0 Å². The smallest absolute Gasteiger partial charge is 0.260 e. The fourth-order valence-corrected chi connectivity index (χ4v) is 2.97. The van der Waals surface area contributed by atoms with Crippen LogP contribution in [-0.4, -0.2) is 58.5 Å². The van der Waals surface area contributed by atoms with Crippen LogP contribution in [0.25, 0.3) is 0 Å². The van der Waals surface area contributed by atoms with Crippen molar-refractivity contribution in [2.75, 3.05) is 32.9 Å². The second kappa shape index (κ2) is 9.48. The van der Waals surface area contributed by atoms with Crippen molar-refractivity contribution in [1.82, 2.24) is 25.0 Å². The van der Waals surface area contributed by atoms with Gasteiger partial charge in [-0.05, 0) is 31.5 Å². The van der Waals surface area contributed by atoms with Gasteiger partial charge >= 0.3 is 0 Å². The molecule has 1 N–H and O–H groups in total. The number of carbonyl (C=O) groups is 1. The zero-order valence-electron chi connectivity index (χ0n) is 15.9. The third-order valence-electron chi connectivity index (χ3n) is 4.59. The summed E-state index contributed by atoms with van der Waals surface area (Å²) < 4.78 is 12.8. The van der Waals surface area contributed by atoms with Crippen LogP contribution in [0.5, 0.6) is 5.75 Å². The van der Waals surface area contributed by atoms with Crippen molar-refractivity contribution >= 4 is 5.91 Å². The van der Waals surface area contributed by atoms with Gasteiger partial charge in [0.1, 0.15) is 17.9 Å². The number of hydrogen-bond donors (Lipinski definition) is 1. The second-order valence-electron chi connectivity index (χ2n) is 6.46. The lowest BCUT2D eigenvalue weighted by atomic mass is 10.2. The van der Waals surface area contributed by atoms with Gasteiger partial charge < -0.3 is 19.7 Å². The van der Waals surface area contributed by atoms with Crippen LogP contribution in [0.2, 0.25) is 0 Å². The summed E-state index contributed by atoms with van der Waals surface area (Å²) in [6.07, 6.45) is 1.58. The summed E-state index contributed by atoms with van der Waals surface area (Å²) in [4.78, 5) is 18.2. The highest BCUT2D eigenvalue weighted by Gasteiger charge is 2.17. The van der Waals surface area contributed by atoms with Crippen molar-refractivity contribution in [3.63, 3.8) is 0 Å². The lowest BCUT2D eigenvalue weighted by molar-refractivity contribution is -0.137. The molecule has 0 bridgehead atoms. The maximum absolute atomic E-state index is 12.1. The Labute approximate surface area is 159 Å². The highest BCUT2D eigenvalue weighted by molar-refractivity contribution is 5.77. The monoisotopic (exact) mass is 373 g/mol. The first-order chi connectivity index (χ1) is 13.2. The van der Waals surface area contributed by atoms with Crippen LogP contribution in [0.4, 0.5) is 0 Å². The average molecular weight is 373 g/mol. The number of carbonyl (C=O) groups excluding carboxylic acids is 1. The third-order valence-corrected chi connectivity index (χ3v) is 4.59. The summed E-state index contributed by atoms with van der Waals surface area (Å²) in [5, 5.41) is 7.65. The van der Waals surface area contributed by atoms with Gasteiger partial charge in [-0.3, -0.25) is 4.79 Å². The fourth-order valence-electron chi connectivity index (χ4n) is 2.97. The summed E-state index contributed by atoms with van der Waals surface area (Å²) in [6.45, 7) is 8.16. The van der Waals surface area contributed by atoms with E-state index in [2.05, 4.69) is 22.3 Å². The van der Waals surface area contributed by atoms with E-state index in [0.717, 1.165) is 17.9 Å². The number of ether oxygens (including phenoxy) is 2. The minimum atomic E-state index is -0.00194. The van der Waals surface area contributed by atoms with Gasteiger partial charge in [0, 0.05) is 26.2 Å². The van der Waals surface area contributed by atoms with Crippen LogP contribution >= 0.6 is 0 Å². The highest BCUT2D eigenvalue weighted by Crippen LogP contribution is 2.14. The Bertz CT molecular complexity index is 725. The number of rotatable bonds is 8. The van der Waals surface area contributed by atoms with E-state index in [1.54, 1.807) is 11.2 Å². The van der Waals surface area contributed by atoms with Gasteiger partial charge in [-0.1, -0.05) is 12.1 Å². The second-order valence-corrected chi connectivity index (χ2v) is 6.46. The lowest BCUT2D eigenvalue weighted by Crippen LogP contribution is -2.42. The van der Waals surface area contributed by atoms with E-state index in [0.29, 0.717) is 38.6 Å². The third kappa shape index (κ3) is 5.27. The van der Waals surface area contributed by atoms with Gasteiger partial charge in [0.25, 0.3) is 5.91 Å². The number of aromatic nitrogens is 3. The van der Waals surface area contributed by atoms with Crippen LogP contribution in [0.1, 0.15) is 31.3 Å². The molecule has 1 aliphatic heterocycles. The predicted octanol–water partition coefficient (Wildman–Crippen LogP) is 1.39. The molecule has 1 aliphatic rings. The maximum Gasteiger partial charge on any atom is 0.260 e. The Kier molecular flexibility index (Phi) is 6.78. The molecule has 1 aromatic carbocycles. The summed E-state index contributed by atoms with van der Waals surface area (Å²) in [7, 11) is 0. The predicted molar refractivity (Wildman–Crippen MR) is 100 cm³/mol. The Morgan fingerprint density at radius 2 is 2.04 bits per heavy atom. The maximum atomic E-state index is 12.1. The molecule has 1 aromatic heterocycles. The number of nitrogens with zero attached hydrogens (tertiary/aromatic N) is 4. The largest absolute Gasteiger partial charge is 0.484 e. The van der Waals surface area contributed by atoms with E-state index in [4.69, 9.17) is 9.47 Å². The molecule has 1 fully saturated rings. The minimum Gasteiger partial charge on any atom is -0.484 e. The normalized spacial score (nSPS) is 15.6. The summed E-state index contributed by atoms with van der Waals surface area (Å²) >= 11 is 0. The summed E-state index contributed by atoms with van der Waals surface area (Å²) in [5.41, 5.74) is 1.14. The van der Waals surface area contributed by atoms with E-state index in [1.165, 1.54) is 0 Å². The quantitative estimate of drug-likeness (QED) is 0.753. The van der Waals surface area contributed by atoms with Crippen LogP contribution < -0.4 is 10.1 Å². The van der Waals surface area contributed by atoms with Crippen molar-refractivity contribution in [3.8, 4) is 5.75 Å². The molecule has 0 spiro atoms. The van der Waals surface area contributed by atoms with E-state index in [9.17, 15) is 4.79 Å². The Morgan fingerprint density at radius 3 is 2.74 bits per heavy atom. The highest BCUT2D eigenvalue weighted by atomic mass is 16.5. The number of benzene rings is 1. The molecule has 3 rings (SSSR count). The molecule has 8 nitrogen and oxygen atoms in total. The molecule has 0 saturated carbocycles. The first-order valence-corrected chi connectivity index (χ1v) is 9.35. The first kappa shape index (κ1) is 19.3. The van der Waals surface area contributed by atoms with E-state index in [-0.39, 0.29) is 18.6 Å². The SMILES string of the molecule is CCn1ncnc1[C@H](C)NCc1ccc(OCC(=O)N2CCOCC2)cc1. The van der Waals surface area contributed by atoms with Crippen molar-refractivity contribution in [3.05, 3.63) is 42.0 Å². The standard InChI is InChI=1S/C19H27N5O3/c1-3-24-19(21-14-22-24)15(2)20-12-16-4-6-17(7-5-16)27-13-18(25)23-8-10-26-11-9-23/h4-7,14-15,20H,3,8-13H2,1-2H3/t15-/m0/s1. The summed E-state index contributed by atoms with van der Waals surface area (Å²) in [6, 6.07) is 7.89. The fraction of sp³-hybridized carbons (Fsp3) is 0.526. The number of amides is 1. The molecule has 0 aliphatic carbocycles. The number of nitrogens with one attached hydrogen (secondary N) is 1. The number of morpholine rings is 1. The Morgan fingerprint density at radius 1 is 1.30 bits per heavy atom. The van der Waals surface area contributed by atoms with E-state index in [1.807, 2.05) is 35.9 Å². The van der Waals surface area contributed by atoms with E-state index < -0.39 is 0 Å². The van der Waals surface area contributed by atoms with Crippen LogP contribution in [0, 0.1) is 0 Å². The molecule has 2 aromatic rings. The topological polar surface area (TPSA) is 81.5 Å². The Hall–Kier alpha value is -2.45. The average Bonchev–Trinajstić information content (AvgIpc) is 3.20. The molecule has 1 saturated heterocycles. The zero-order valence-corrected chi connectivity index (χ0v) is 15.9. The van der Waals surface area contributed by atoms with Crippen LogP contribution in [0.3, 0.4) is 0 Å². The number of aryl methyl sites for hydroxylation is 1. The molecule has 8 heteroatoms. The molecule has 0 unspecified atom stereocenters. The van der Waals surface area contributed by atoms with Gasteiger partial charge in [-0.2, -0.15) is 5.10 Å². The summed E-state index contributed by atoms with van der Waals surface area (Å²) in [5.74, 6) is 1.62. The van der Waals surface area contributed by atoms with Gasteiger partial charge in [-0.15, -0.1) is 0 Å². The van der Waals surface area contributed by atoms with Gasteiger partial charge in [0.05, 0.1) is 19.3 Å². The lowest BCUT2D eigenvalue weighted by Gasteiger charge is -2.26. The van der Waals surface area contributed by atoms with Crippen molar-refractivity contribution in [2.24, 2.45) is 0 Å². The minimum absolute atomic E-state index is 0.00194. The molecule has 0 radical (unpaired) electrons. The van der Waals surface area contributed by atoms with E-state index >= 15 is 0 Å². The molecular formula is C19H27N5O3. The van der Waals surface area contributed by atoms with Crippen molar-refractivity contribution < 1.29 is 14.3 Å². The van der Waals surface area contributed by atoms with Crippen LogP contribution in [0.15, 0.2) is 30.6 Å². The van der Waals surface area contributed by atoms with Gasteiger partial charge in [0.2, 0.25) is 0 Å². The molecule has 2 heterocycles. The first-order valence-electron chi connectivity index (χ1n) is 9.35. The molecule has 146 valence electrons. The van der Waals surface area contributed by atoms with Gasteiger partial charge in [0.15, 0.2) is 6.61 Å². The molecular weight excluding hydrogens is 346 g/mol.